The molecule has 0 atom stereocenters. The topological polar surface area (TPSA) is 101 Å². The molecule has 1 heterocycles. The molecule has 6 nitrogen and oxygen atoms in total. The number of sulfonamides is 1. The van der Waals surface area contributed by atoms with Crippen LogP contribution in [0, 0.1) is 12.8 Å². The molecule has 1 aliphatic carbocycles. The van der Waals surface area contributed by atoms with Gasteiger partial charge in [0.2, 0.25) is 0 Å². The van der Waals surface area contributed by atoms with Crippen molar-refractivity contribution >= 4 is 10.0 Å². The third kappa shape index (κ3) is 2.51. The van der Waals surface area contributed by atoms with Crippen molar-refractivity contribution in [2.45, 2.75) is 37.8 Å². The number of H-pyrrole nitrogens is 1. The van der Waals surface area contributed by atoms with Crippen LogP contribution in [0.15, 0.2) is 5.03 Å². The highest BCUT2D eigenvalue weighted by Crippen LogP contribution is 2.26. The number of nitrogens with one attached hydrogen (secondary N) is 2. The Morgan fingerprint density at radius 2 is 2.24 bits per heavy atom. The Morgan fingerprint density at radius 1 is 1.53 bits per heavy atom. The first-order valence-corrected chi connectivity index (χ1v) is 7.26. The summed E-state index contributed by atoms with van der Waals surface area (Å²) in [6.45, 7) is 2.43. The highest BCUT2D eigenvalue weighted by Gasteiger charge is 2.25. The lowest BCUT2D eigenvalue weighted by molar-refractivity contribution is 0.316. The smallest absolute Gasteiger partial charge is 0.260 e. The zero-order valence-corrected chi connectivity index (χ0v) is 10.7. The number of hydrogen-bond acceptors (Lipinski definition) is 4. The molecule has 0 aromatic carbocycles. The molecule has 1 saturated carbocycles. The van der Waals surface area contributed by atoms with Gasteiger partial charge in [-0.3, -0.25) is 5.10 Å². The van der Waals surface area contributed by atoms with Crippen molar-refractivity contribution < 1.29 is 8.42 Å². The minimum atomic E-state index is -3.53. The van der Waals surface area contributed by atoms with Gasteiger partial charge in [0, 0.05) is 24.3 Å². The van der Waals surface area contributed by atoms with E-state index >= 15 is 0 Å². The predicted molar refractivity (Wildman–Crippen MR) is 63.7 cm³/mol. The fourth-order valence-corrected chi connectivity index (χ4v) is 3.20. The van der Waals surface area contributed by atoms with Crippen LogP contribution >= 0.6 is 0 Å². The van der Waals surface area contributed by atoms with E-state index in [0.717, 1.165) is 12.8 Å². The Morgan fingerprint density at radius 3 is 2.76 bits per heavy atom. The Hall–Kier alpha value is -0.920. The molecule has 2 rings (SSSR count). The number of rotatable bonds is 5. The van der Waals surface area contributed by atoms with Gasteiger partial charge >= 0.3 is 0 Å². The Labute approximate surface area is 101 Å². The SMILES string of the molecule is Cc1[nH]nc(S(=O)(=O)NCC2CCC2)c1CN. The summed E-state index contributed by atoms with van der Waals surface area (Å²) in [5.41, 5.74) is 6.80. The monoisotopic (exact) mass is 258 g/mol. The largest absolute Gasteiger partial charge is 0.326 e. The van der Waals surface area contributed by atoms with Crippen molar-refractivity contribution in [3.63, 3.8) is 0 Å². The molecule has 0 radical (unpaired) electrons. The average Bonchev–Trinajstić information content (AvgIpc) is 2.57. The van der Waals surface area contributed by atoms with Crippen LogP contribution in [0.1, 0.15) is 30.5 Å². The van der Waals surface area contributed by atoms with Crippen molar-refractivity contribution in [1.82, 2.24) is 14.9 Å². The summed E-state index contributed by atoms with van der Waals surface area (Å²) in [5.74, 6) is 0.478. The molecule has 17 heavy (non-hydrogen) atoms. The van der Waals surface area contributed by atoms with Crippen molar-refractivity contribution in [2.75, 3.05) is 6.54 Å². The second kappa shape index (κ2) is 4.75. The van der Waals surface area contributed by atoms with Gasteiger partial charge in [0.25, 0.3) is 10.0 Å². The first-order chi connectivity index (χ1) is 8.04. The van der Waals surface area contributed by atoms with Gasteiger partial charge in [-0.1, -0.05) is 6.42 Å². The van der Waals surface area contributed by atoms with Crippen LogP contribution < -0.4 is 10.5 Å². The van der Waals surface area contributed by atoms with E-state index in [0.29, 0.717) is 23.7 Å². The fourth-order valence-electron chi connectivity index (χ4n) is 1.89. The molecule has 4 N–H and O–H groups in total. The molecule has 0 aliphatic heterocycles. The maximum Gasteiger partial charge on any atom is 0.260 e. The van der Waals surface area contributed by atoms with Gasteiger partial charge in [0.15, 0.2) is 5.03 Å². The van der Waals surface area contributed by atoms with E-state index in [1.165, 1.54) is 6.42 Å². The molecule has 1 aromatic rings. The van der Waals surface area contributed by atoms with Gasteiger partial charge in [-0.15, -0.1) is 0 Å². The third-order valence-corrected chi connectivity index (χ3v) is 4.67. The van der Waals surface area contributed by atoms with E-state index < -0.39 is 10.0 Å². The zero-order chi connectivity index (χ0) is 12.5. The average molecular weight is 258 g/mol. The van der Waals surface area contributed by atoms with Crippen LogP contribution in [0.3, 0.4) is 0 Å². The van der Waals surface area contributed by atoms with Crippen LogP contribution in [0.5, 0.6) is 0 Å². The highest BCUT2D eigenvalue weighted by atomic mass is 32.2. The second-order valence-electron chi connectivity index (χ2n) is 4.49. The van der Waals surface area contributed by atoms with Gasteiger partial charge < -0.3 is 5.73 Å². The number of hydrogen-bond donors (Lipinski definition) is 3. The van der Waals surface area contributed by atoms with Crippen molar-refractivity contribution in [3.05, 3.63) is 11.3 Å². The van der Waals surface area contributed by atoms with E-state index in [9.17, 15) is 8.42 Å². The molecule has 0 bridgehead atoms. The van der Waals surface area contributed by atoms with E-state index in [-0.39, 0.29) is 11.6 Å². The van der Waals surface area contributed by atoms with Crippen LogP contribution in [0.25, 0.3) is 0 Å². The van der Waals surface area contributed by atoms with E-state index in [4.69, 9.17) is 5.73 Å². The van der Waals surface area contributed by atoms with Crippen LogP contribution in [0.2, 0.25) is 0 Å². The summed E-state index contributed by atoms with van der Waals surface area (Å²) in [6.07, 6.45) is 3.40. The molecule has 0 spiro atoms. The lowest BCUT2D eigenvalue weighted by Gasteiger charge is -2.25. The van der Waals surface area contributed by atoms with Gasteiger partial charge in [0.05, 0.1) is 0 Å². The number of aromatic amines is 1. The fraction of sp³-hybridized carbons (Fsp3) is 0.700. The van der Waals surface area contributed by atoms with E-state index in [1.807, 2.05) is 0 Å². The number of nitrogens with two attached hydrogens (primary N) is 1. The van der Waals surface area contributed by atoms with Gasteiger partial charge in [0.1, 0.15) is 0 Å². The lowest BCUT2D eigenvalue weighted by atomic mass is 9.86. The first kappa shape index (κ1) is 12.5. The van der Waals surface area contributed by atoms with E-state index in [2.05, 4.69) is 14.9 Å². The molecule has 1 aromatic heterocycles. The Balaban J connectivity index is 2.12. The summed E-state index contributed by atoms with van der Waals surface area (Å²) in [6, 6.07) is 0. The van der Waals surface area contributed by atoms with Crippen LogP contribution in [-0.4, -0.2) is 25.2 Å². The second-order valence-corrected chi connectivity index (χ2v) is 6.17. The molecule has 0 unspecified atom stereocenters. The number of nitrogens with zero attached hydrogens (tertiary/aromatic N) is 1. The summed E-state index contributed by atoms with van der Waals surface area (Å²) in [4.78, 5) is 0. The summed E-state index contributed by atoms with van der Waals surface area (Å²) in [7, 11) is -3.53. The van der Waals surface area contributed by atoms with Gasteiger partial charge in [-0.2, -0.15) is 5.10 Å². The number of aromatic nitrogens is 2. The molecule has 1 fully saturated rings. The number of aryl methyl sites for hydroxylation is 1. The Kier molecular flexibility index (Phi) is 3.50. The van der Waals surface area contributed by atoms with Gasteiger partial charge in [-0.05, 0) is 25.7 Å². The molecular weight excluding hydrogens is 240 g/mol. The normalized spacial score (nSPS) is 17.1. The molecule has 96 valence electrons. The van der Waals surface area contributed by atoms with Crippen molar-refractivity contribution in [1.29, 1.82) is 0 Å². The minimum absolute atomic E-state index is 0.0387. The summed E-state index contributed by atoms with van der Waals surface area (Å²) < 4.78 is 26.6. The third-order valence-electron chi connectivity index (χ3n) is 3.28. The molecular formula is C10H18N4O2S. The van der Waals surface area contributed by atoms with Crippen molar-refractivity contribution in [2.24, 2.45) is 11.7 Å². The zero-order valence-electron chi connectivity index (χ0n) is 9.86. The maximum absolute atomic E-state index is 12.0. The molecule has 7 heteroatoms. The highest BCUT2D eigenvalue weighted by molar-refractivity contribution is 7.89. The standard InChI is InChI=1S/C10H18N4O2S/c1-7-9(5-11)10(14-13-7)17(15,16)12-6-8-3-2-4-8/h8,12H,2-6,11H2,1H3,(H,13,14). The van der Waals surface area contributed by atoms with Crippen LogP contribution in [-0.2, 0) is 16.6 Å². The Bertz CT molecular complexity index is 490. The first-order valence-electron chi connectivity index (χ1n) is 5.78. The summed E-state index contributed by atoms with van der Waals surface area (Å²) in [5, 5.41) is 6.52. The van der Waals surface area contributed by atoms with Gasteiger partial charge in [-0.25, -0.2) is 13.1 Å². The van der Waals surface area contributed by atoms with Crippen molar-refractivity contribution in [3.8, 4) is 0 Å². The van der Waals surface area contributed by atoms with Crippen LogP contribution in [0.4, 0.5) is 0 Å². The van der Waals surface area contributed by atoms with E-state index in [1.54, 1.807) is 6.92 Å². The molecule has 0 saturated heterocycles. The quantitative estimate of drug-likeness (QED) is 0.705. The maximum atomic E-state index is 12.0. The summed E-state index contributed by atoms with van der Waals surface area (Å²) >= 11 is 0. The minimum Gasteiger partial charge on any atom is -0.326 e. The molecule has 0 amide bonds. The predicted octanol–water partition coefficient (Wildman–Crippen LogP) is 0.255. The lowest BCUT2D eigenvalue weighted by Crippen LogP contribution is -2.33. The molecule has 1 aliphatic rings.